The summed E-state index contributed by atoms with van der Waals surface area (Å²) in [6, 6.07) is 2.65. The molecule has 0 aliphatic rings. The van der Waals surface area contributed by atoms with E-state index in [9.17, 15) is 28.2 Å². The normalized spacial score (nSPS) is 14.9. The number of aliphatic hydroxyl groups is 2. The third-order valence-electron chi connectivity index (χ3n) is 2.86. The Bertz CT molecular complexity index is 587. The zero-order valence-corrected chi connectivity index (χ0v) is 14.1. The molecule has 9 heteroatoms. The Balaban J connectivity index is 2.71. The molecule has 0 fully saturated rings. The van der Waals surface area contributed by atoms with Crippen LogP contribution in [0.15, 0.2) is 18.2 Å². The Morgan fingerprint density at radius 2 is 1.88 bits per heavy atom. The van der Waals surface area contributed by atoms with Gasteiger partial charge in [0.1, 0.15) is 17.8 Å². The van der Waals surface area contributed by atoms with E-state index in [-0.39, 0.29) is 12.1 Å². The highest BCUT2D eigenvalue weighted by atomic mass is 35.5. The van der Waals surface area contributed by atoms with Crippen molar-refractivity contribution in [3.8, 4) is 0 Å². The van der Waals surface area contributed by atoms with E-state index < -0.39 is 40.7 Å². The number of alkyl carbamates (subject to hydrolysis) is 1. The molecular formula is C15H19ClF3NO4. The average molecular weight is 370 g/mol. The molecule has 136 valence electrons. The smallest absolute Gasteiger partial charge is 0.417 e. The SMILES string of the molecule is CC(C)(C)OC(=O)NCC(O)C(O)c1ccc(C(F)(F)F)c(Cl)c1. The maximum Gasteiger partial charge on any atom is 0.417 e. The number of rotatable bonds is 4. The highest BCUT2D eigenvalue weighted by molar-refractivity contribution is 6.31. The third kappa shape index (κ3) is 6.18. The molecule has 0 heterocycles. The van der Waals surface area contributed by atoms with Gasteiger partial charge in [0.25, 0.3) is 0 Å². The van der Waals surface area contributed by atoms with Crippen molar-refractivity contribution in [2.45, 2.75) is 44.8 Å². The number of aliphatic hydroxyl groups excluding tert-OH is 2. The Hall–Kier alpha value is -1.51. The summed E-state index contributed by atoms with van der Waals surface area (Å²) in [6.45, 7) is 4.61. The number of ether oxygens (including phenoxy) is 1. The summed E-state index contributed by atoms with van der Waals surface area (Å²) in [4.78, 5) is 11.5. The van der Waals surface area contributed by atoms with Crippen LogP contribution in [0.2, 0.25) is 5.02 Å². The molecule has 1 rings (SSSR count). The van der Waals surface area contributed by atoms with Crippen LogP contribution in [0.25, 0.3) is 0 Å². The number of carbonyl (C=O) groups is 1. The van der Waals surface area contributed by atoms with Crippen LogP contribution < -0.4 is 5.32 Å². The minimum Gasteiger partial charge on any atom is -0.444 e. The lowest BCUT2D eigenvalue weighted by Crippen LogP contribution is -2.38. The van der Waals surface area contributed by atoms with Crippen LogP contribution in [0.4, 0.5) is 18.0 Å². The molecule has 0 radical (unpaired) electrons. The molecular weight excluding hydrogens is 351 g/mol. The van der Waals surface area contributed by atoms with Crippen LogP contribution in [0, 0.1) is 0 Å². The highest BCUT2D eigenvalue weighted by Crippen LogP contribution is 2.36. The van der Waals surface area contributed by atoms with Gasteiger partial charge < -0.3 is 20.3 Å². The van der Waals surface area contributed by atoms with Crippen molar-refractivity contribution < 1.29 is 32.9 Å². The first-order valence-electron chi connectivity index (χ1n) is 7.01. The van der Waals surface area contributed by atoms with Gasteiger partial charge >= 0.3 is 12.3 Å². The lowest BCUT2D eigenvalue weighted by Gasteiger charge is -2.22. The highest BCUT2D eigenvalue weighted by Gasteiger charge is 2.33. The van der Waals surface area contributed by atoms with Crippen LogP contribution in [0.3, 0.4) is 0 Å². The summed E-state index contributed by atoms with van der Waals surface area (Å²) >= 11 is 5.56. The minimum atomic E-state index is -4.61. The molecule has 0 aromatic heterocycles. The van der Waals surface area contributed by atoms with E-state index in [1.54, 1.807) is 20.8 Å². The van der Waals surface area contributed by atoms with E-state index in [1.807, 2.05) is 0 Å². The molecule has 1 aromatic carbocycles. The van der Waals surface area contributed by atoms with Gasteiger partial charge in [-0.25, -0.2) is 4.79 Å². The van der Waals surface area contributed by atoms with Gasteiger partial charge in [-0.15, -0.1) is 0 Å². The zero-order chi connectivity index (χ0) is 18.7. The molecule has 0 aliphatic carbocycles. The van der Waals surface area contributed by atoms with Crippen molar-refractivity contribution in [2.24, 2.45) is 0 Å². The first-order chi connectivity index (χ1) is 10.8. The number of carbonyl (C=O) groups excluding carboxylic acids is 1. The molecule has 24 heavy (non-hydrogen) atoms. The van der Waals surface area contributed by atoms with Crippen LogP contribution >= 0.6 is 11.6 Å². The second-order valence-electron chi connectivity index (χ2n) is 6.13. The summed E-state index contributed by atoms with van der Waals surface area (Å²) in [7, 11) is 0. The van der Waals surface area contributed by atoms with E-state index in [0.717, 1.165) is 18.2 Å². The number of alkyl halides is 3. The van der Waals surface area contributed by atoms with Crippen LogP contribution in [0.1, 0.15) is 38.0 Å². The van der Waals surface area contributed by atoms with Gasteiger partial charge in [-0.2, -0.15) is 13.2 Å². The lowest BCUT2D eigenvalue weighted by molar-refractivity contribution is -0.137. The Morgan fingerprint density at radius 1 is 1.29 bits per heavy atom. The van der Waals surface area contributed by atoms with Gasteiger partial charge in [-0.05, 0) is 38.5 Å². The van der Waals surface area contributed by atoms with Gasteiger partial charge in [-0.3, -0.25) is 0 Å². The second kappa shape index (κ2) is 7.58. The van der Waals surface area contributed by atoms with Crippen LogP contribution in [0.5, 0.6) is 0 Å². The average Bonchev–Trinajstić information content (AvgIpc) is 2.40. The predicted molar refractivity (Wildman–Crippen MR) is 81.7 cm³/mol. The maximum atomic E-state index is 12.6. The van der Waals surface area contributed by atoms with E-state index >= 15 is 0 Å². The van der Waals surface area contributed by atoms with Crippen LogP contribution in [-0.4, -0.2) is 34.6 Å². The number of hydrogen-bond donors (Lipinski definition) is 3. The first kappa shape index (κ1) is 20.5. The van der Waals surface area contributed by atoms with Gasteiger partial charge in [0.2, 0.25) is 0 Å². The van der Waals surface area contributed by atoms with E-state index in [0.29, 0.717) is 0 Å². The quantitative estimate of drug-likeness (QED) is 0.761. The van der Waals surface area contributed by atoms with Crippen LogP contribution in [-0.2, 0) is 10.9 Å². The molecule has 0 saturated heterocycles. The fourth-order valence-electron chi connectivity index (χ4n) is 1.78. The summed E-state index contributed by atoms with van der Waals surface area (Å²) in [6.07, 6.45) is -8.39. The molecule has 0 aliphatic heterocycles. The van der Waals surface area contributed by atoms with E-state index in [2.05, 4.69) is 5.32 Å². The monoisotopic (exact) mass is 369 g/mol. The molecule has 3 N–H and O–H groups in total. The molecule has 1 aromatic rings. The number of hydrogen-bond acceptors (Lipinski definition) is 4. The van der Waals surface area contributed by atoms with Crippen molar-refractivity contribution in [1.29, 1.82) is 0 Å². The van der Waals surface area contributed by atoms with Crippen molar-refractivity contribution in [2.75, 3.05) is 6.54 Å². The minimum absolute atomic E-state index is 0.00788. The largest absolute Gasteiger partial charge is 0.444 e. The van der Waals surface area contributed by atoms with Crippen molar-refractivity contribution >= 4 is 17.7 Å². The van der Waals surface area contributed by atoms with Gasteiger partial charge in [0.05, 0.1) is 10.6 Å². The molecule has 2 atom stereocenters. The number of nitrogens with one attached hydrogen (secondary N) is 1. The molecule has 0 spiro atoms. The molecule has 5 nitrogen and oxygen atoms in total. The fourth-order valence-corrected chi connectivity index (χ4v) is 2.08. The topological polar surface area (TPSA) is 78.8 Å². The lowest BCUT2D eigenvalue weighted by atomic mass is 10.0. The summed E-state index contributed by atoms with van der Waals surface area (Å²) in [5.74, 6) is 0. The zero-order valence-electron chi connectivity index (χ0n) is 13.3. The maximum absolute atomic E-state index is 12.6. The van der Waals surface area contributed by atoms with Crippen molar-refractivity contribution in [3.63, 3.8) is 0 Å². The standard InChI is InChI=1S/C15H19ClF3NO4/c1-14(2,3)24-13(23)20-7-11(21)12(22)8-4-5-9(10(16)6-8)15(17,18)19/h4-6,11-12,21-22H,7H2,1-3H3,(H,20,23). The Labute approximate surface area is 142 Å². The summed E-state index contributed by atoms with van der Waals surface area (Å²) in [5, 5.41) is 21.5. The van der Waals surface area contributed by atoms with Crippen molar-refractivity contribution in [1.82, 2.24) is 5.32 Å². The van der Waals surface area contributed by atoms with E-state index in [1.165, 1.54) is 0 Å². The first-order valence-corrected chi connectivity index (χ1v) is 7.38. The second-order valence-corrected chi connectivity index (χ2v) is 6.54. The number of benzene rings is 1. The Morgan fingerprint density at radius 3 is 2.33 bits per heavy atom. The fraction of sp³-hybridized carbons (Fsp3) is 0.533. The summed E-state index contributed by atoms with van der Waals surface area (Å²) < 4.78 is 42.8. The predicted octanol–water partition coefficient (Wildman–Crippen LogP) is 3.28. The molecule has 0 saturated carbocycles. The van der Waals surface area contributed by atoms with Gasteiger partial charge in [0, 0.05) is 6.54 Å². The van der Waals surface area contributed by atoms with Gasteiger partial charge in [-0.1, -0.05) is 17.7 Å². The van der Waals surface area contributed by atoms with Gasteiger partial charge in [0.15, 0.2) is 0 Å². The molecule has 1 amide bonds. The molecule has 0 bridgehead atoms. The third-order valence-corrected chi connectivity index (χ3v) is 3.17. The number of amides is 1. The van der Waals surface area contributed by atoms with Crippen molar-refractivity contribution in [3.05, 3.63) is 34.3 Å². The summed E-state index contributed by atoms with van der Waals surface area (Å²) in [5.41, 5.74) is -1.78. The number of halogens is 4. The molecule has 2 unspecified atom stereocenters. The Kier molecular flexibility index (Phi) is 6.49. The van der Waals surface area contributed by atoms with E-state index in [4.69, 9.17) is 16.3 Å².